The molecule has 0 unspecified atom stereocenters. The van der Waals surface area contributed by atoms with Gasteiger partial charge in [0, 0.05) is 17.7 Å². The maximum absolute atomic E-state index is 10.5. The predicted octanol–water partition coefficient (Wildman–Crippen LogP) is 2.88. The van der Waals surface area contributed by atoms with Crippen LogP contribution in [0.4, 0.5) is 5.69 Å². The number of hydrogen-bond donors (Lipinski definition) is 3. The van der Waals surface area contributed by atoms with Crippen LogP contribution in [0.1, 0.15) is 11.1 Å². The lowest BCUT2D eigenvalue weighted by Gasteiger charge is -2.03. The Morgan fingerprint density at radius 1 is 0.900 bits per heavy atom. The van der Waals surface area contributed by atoms with Crippen LogP contribution < -0.4 is 0 Å². The van der Waals surface area contributed by atoms with E-state index < -0.39 is 22.2 Å². The predicted molar refractivity (Wildman–Crippen MR) is 73.5 cm³/mol. The smallest absolute Gasteiger partial charge is 0.269 e. The van der Waals surface area contributed by atoms with Gasteiger partial charge in [0.05, 0.1) is 4.92 Å². The first-order valence-corrected chi connectivity index (χ1v) is 5.65. The molecule has 3 N–H and O–H groups in total. The monoisotopic (exact) mass is 273 g/mol. The molecule has 6 heteroatoms. The van der Waals surface area contributed by atoms with Gasteiger partial charge < -0.3 is 15.3 Å². The zero-order valence-corrected chi connectivity index (χ0v) is 10.2. The molecule has 0 radical (unpaired) electrons. The summed E-state index contributed by atoms with van der Waals surface area (Å²) in [5.41, 5.74) is 1.01. The third-order valence-corrected chi connectivity index (χ3v) is 2.72. The van der Waals surface area contributed by atoms with Gasteiger partial charge in [-0.3, -0.25) is 10.1 Å². The molecule has 0 aromatic heterocycles. The highest BCUT2D eigenvalue weighted by atomic mass is 16.6. The van der Waals surface area contributed by atoms with Gasteiger partial charge in [-0.05, 0) is 29.8 Å². The molecule has 0 saturated heterocycles. The van der Waals surface area contributed by atoms with Crippen LogP contribution in [0.5, 0.6) is 17.2 Å². The van der Waals surface area contributed by atoms with Gasteiger partial charge in [0.2, 0.25) is 5.75 Å². The van der Waals surface area contributed by atoms with Crippen LogP contribution in [-0.4, -0.2) is 20.2 Å². The average Bonchev–Trinajstić information content (AvgIpc) is 2.44. The van der Waals surface area contributed by atoms with E-state index in [2.05, 4.69) is 0 Å². The fraction of sp³-hybridized carbons (Fsp3) is 0. The summed E-state index contributed by atoms with van der Waals surface area (Å²) in [6.45, 7) is 0. The molecule has 0 aliphatic heterocycles. The molecule has 0 heterocycles. The van der Waals surface area contributed by atoms with Crippen molar-refractivity contribution in [1.82, 2.24) is 0 Å². The van der Waals surface area contributed by atoms with Gasteiger partial charge in [-0.1, -0.05) is 12.2 Å². The highest BCUT2D eigenvalue weighted by Gasteiger charge is 2.08. The number of nitro groups is 1. The van der Waals surface area contributed by atoms with Gasteiger partial charge in [-0.25, -0.2) is 0 Å². The van der Waals surface area contributed by atoms with Gasteiger partial charge in [-0.2, -0.15) is 0 Å². The third kappa shape index (κ3) is 2.69. The van der Waals surface area contributed by atoms with Crippen LogP contribution in [0.25, 0.3) is 12.2 Å². The summed E-state index contributed by atoms with van der Waals surface area (Å²) < 4.78 is 0. The Bertz CT molecular complexity index is 677. The lowest BCUT2D eigenvalue weighted by Crippen LogP contribution is -1.86. The molecule has 20 heavy (non-hydrogen) atoms. The number of phenolic OH excluding ortho intramolecular Hbond substituents is 3. The van der Waals surface area contributed by atoms with Crippen LogP contribution in [-0.2, 0) is 0 Å². The molecule has 0 atom stereocenters. The van der Waals surface area contributed by atoms with E-state index in [4.69, 9.17) is 0 Å². The fourth-order valence-electron chi connectivity index (χ4n) is 1.61. The Labute approximate surface area is 114 Å². The molecule has 102 valence electrons. The Balaban J connectivity index is 2.25. The Hall–Kier alpha value is -3.02. The van der Waals surface area contributed by atoms with Gasteiger partial charge in [0.15, 0.2) is 11.5 Å². The third-order valence-electron chi connectivity index (χ3n) is 2.72. The highest BCUT2D eigenvalue weighted by molar-refractivity contribution is 5.75. The molecule has 2 aromatic rings. The number of rotatable bonds is 3. The standard InChI is InChI=1S/C14H11NO5/c16-12-8-5-10(13(17)14(12)18)4-1-9-2-6-11(7-3-9)15(19)20/h1-8,16-18H/b4-1+. The molecule has 0 aliphatic carbocycles. The Kier molecular flexibility index (Phi) is 3.56. The number of aromatic hydroxyl groups is 3. The van der Waals surface area contributed by atoms with E-state index in [1.807, 2.05) is 0 Å². The number of phenols is 3. The van der Waals surface area contributed by atoms with Crippen molar-refractivity contribution in [3.8, 4) is 17.2 Å². The molecule has 0 saturated carbocycles. The maximum atomic E-state index is 10.5. The van der Waals surface area contributed by atoms with Crippen molar-refractivity contribution in [2.75, 3.05) is 0 Å². The summed E-state index contributed by atoms with van der Waals surface area (Å²) in [4.78, 5) is 10.0. The average molecular weight is 273 g/mol. The normalized spacial score (nSPS) is 10.8. The minimum atomic E-state index is -0.587. The van der Waals surface area contributed by atoms with Crippen molar-refractivity contribution < 1.29 is 20.2 Å². The Morgan fingerprint density at radius 2 is 1.55 bits per heavy atom. The molecule has 6 nitrogen and oxygen atoms in total. The van der Waals surface area contributed by atoms with E-state index in [1.165, 1.54) is 30.3 Å². The van der Waals surface area contributed by atoms with Gasteiger partial charge >= 0.3 is 0 Å². The second-order valence-electron chi connectivity index (χ2n) is 4.05. The van der Waals surface area contributed by atoms with E-state index in [1.54, 1.807) is 18.2 Å². The van der Waals surface area contributed by atoms with E-state index in [9.17, 15) is 25.4 Å². The number of nitro benzene ring substituents is 1. The maximum Gasteiger partial charge on any atom is 0.269 e. The SMILES string of the molecule is O=[N+]([O-])c1ccc(/C=C/c2ccc(O)c(O)c2O)cc1. The number of hydrogen-bond acceptors (Lipinski definition) is 5. The van der Waals surface area contributed by atoms with Crippen LogP contribution in [0, 0.1) is 10.1 Å². The molecule has 2 rings (SSSR count). The van der Waals surface area contributed by atoms with E-state index in [-0.39, 0.29) is 5.69 Å². The van der Waals surface area contributed by atoms with Crippen LogP contribution in [0.3, 0.4) is 0 Å². The largest absolute Gasteiger partial charge is 0.504 e. The lowest BCUT2D eigenvalue weighted by molar-refractivity contribution is -0.384. The molecule has 2 aromatic carbocycles. The summed E-state index contributed by atoms with van der Waals surface area (Å²) >= 11 is 0. The molecule has 0 fully saturated rings. The van der Waals surface area contributed by atoms with Gasteiger partial charge in [0.1, 0.15) is 0 Å². The van der Waals surface area contributed by atoms with Crippen molar-refractivity contribution in [2.45, 2.75) is 0 Å². The summed E-state index contributed by atoms with van der Waals surface area (Å²) in [5.74, 6) is -1.42. The lowest BCUT2D eigenvalue weighted by atomic mass is 10.1. The van der Waals surface area contributed by atoms with Gasteiger partial charge in [0.25, 0.3) is 5.69 Å². The van der Waals surface area contributed by atoms with Gasteiger partial charge in [-0.15, -0.1) is 0 Å². The van der Waals surface area contributed by atoms with Crippen molar-refractivity contribution in [1.29, 1.82) is 0 Å². The molecular weight excluding hydrogens is 262 g/mol. The zero-order chi connectivity index (χ0) is 14.7. The first-order chi connectivity index (χ1) is 9.49. The summed E-state index contributed by atoms with van der Waals surface area (Å²) in [6, 6.07) is 8.55. The molecule has 0 spiro atoms. The number of benzene rings is 2. The zero-order valence-electron chi connectivity index (χ0n) is 10.2. The van der Waals surface area contributed by atoms with E-state index in [0.29, 0.717) is 11.1 Å². The van der Waals surface area contributed by atoms with E-state index in [0.717, 1.165) is 0 Å². The first-order valence-electron chi connectivity index (χ1n) is 5.65. The second-order valence-corrected chi connectivity index (χ2v) is 4.05. The topological polar surface area (TPSA) is 104 Å². The van der Waals surface area contributed by atoms with E-state index >= 15 is 0 Å². The number of non-ortho nitro benzene ring substituents is 1. The highest BCUT2D eigenvalue weighted by Crippen LogP contribution is 2.37. The quantitative estimate of drug-likeness (QED) is 0.345. The summed E-state index contributed by atoms with van der Waals surface area (Å²) in [7, 11) is 0. The van der Waals surface area contributed by atoms with Crippen LogP contribution >= 0.6 is 0 Å². The summed E-state index contributed by atoms with van der Waals surface area (Å²) in [6.07, 6.45) is 3.14. The van der Waals surface area contributed by atoms with Crippen molar-refractivity contribution in [2.24, 2.45) is 0 Å². The molecule has 0 bridgehead atoms. The first kappa shape index (κ1) is 13.4. The Morgan fingerprint density at radius 3 is 2.15 bits per heavy atom. The minimum absolute atomic E-state index is 0.00715. The van der Waals surface area contributed by atoms with Crippen molar-refractivity contribution in [3.05, 3.63) is 57.6 Å². The van der Waals surface area contributed by atoms with Crippen molar-refractivity contribution >= 4 is 17.8 Å². The number of nitrogens with zero attached hydrogens (tertiary/aromatic N) is 1. The summed E-state index contributed by atoms with van der Waals surface area (Å²) in [5, 5.41) is 38.7. The molecular formula is C14H11NO5. The fourth-order valence-corrected chi connectivity index (χ4v) is 1.61. The van der Waals surface area contributed by atoms with Crippen molar-refractivity contribution in [3.63, 3.8) is 0 Å². The molecule has 0 amide bonds. The second kappa shape index (κ2) is 5.31. The minimum Gasteiger partial charge on any atom is -0.504 e. The van der Waals surface area contributed by atoms with Crippen LogP contribution in [0.15, 0.2) is 36.4 Å². The molecule has 0 aliphatic rings. The van der Waals surface area contributed by atoms with Crippen LogP contribution in [0.2, 0.25) is 0 Å².